The van der Waals surface area contributed by atoms with Crippen molar-refractivity contribution in [1.82, 2.24) is 14.9 Å². The van der Waals surface area contributed by atoms with E-state index in [9.17, 15) is 0 Å². The summed E-state index contributed by atoms with van der Waals surface area (Å²) in [7, 11) is 1.68. The molecule has 7 heteroatoms. The van der Waals surface area contributed by atoms with Gasteiger partial charge in [-0.15, -0.1) is 0 Å². The Hall–Kier alpha value is -1.11. The average molecular weight is 302 g/mol. The van der Waals surface area contributed by atoms with E-state index in [1.165, 1.54) is 0 Å². The highest BCUT2D eigenvalue weighted by Gasteiger charge is 2.11. The van der Waals surface area contributed by atoms with E-state index in [1.54, 1.807) is 13.2 Å². The Labute approximate surface area is 125 Å². The molecule has 0 unspecified atom stereocenters. The Bertz CT molecular complexity index is 380. The van der Waals surface area contributed by atoms with E-state index in [2.05, 4.69) is 33.6 Å². The standard InChI is InChI=1S/C13H24ClN5O/c1-4-18(5-2)6-7-19(8-9-20-3)12-10-11(14)16-13(15)17-12/h10H,4-9H2,1-3H3,(H2,15,16,17). The molecule has 0 fully saturated rings. The normalized spacial score (nSPS) is 11.1. The molecule has 0 spiro atoms. The first-order valence-electron chi connectivity index (χ1n) is 6.87. The first-order valence-corrected chi connectivity index (χ1v) is 7.24. The van der Waals surface area contributed by atoms with Gasteiger partial charge in [0.1, 0.15) is 11.0 Å². The van der Waals surface area contributed by atoms with Gasteiger partial charge in [0.25, 0.3) is 0 Å². The zero-order chi connectivity index (χ0) is 15.0. The molecule has 0 bridgehead atoms. The molecule has 6 nitrogen and oxygen atoms in total. The van der Waals surface area contributed by atoms with Gasteiger partial charge in [0.2, 0.25) is 5.95 Å². The molecule has 1 heterocycles. The number of methoxy groups -OCH3 is 1. The number of nitrogens with two attached hydrogens (primary N) is 1. The lowest BCUT2D eigenvalue weighted by atomic mass is 10.4. The number of nitrogen functional groups attached to an aromatic ring is 1. The van der Waals surface area contributed by atoms with Gasteiger partial charge in [0.15, 0.2) is 0 Å². The maximum atomic E-state index is 5.95. The van der Waals surface area contributed by atoms with Crippen LogP contribution in [0.1, 0.15) is 13.8 Å². The van der Waals surface area contributed by atoms with Gasteiger partial charge in [-0.1, -0.05) is 25.4 Å². The van der Waals surface area contributed by atoms with Gasteiger partial charge in [-0.05, 0) is 13.1 Å². The molecule has 1 aromatic rings. The molecule has 1 rings (SSSR count). The Morgan fingerprint density at radius 3 is 2.45 bits per heavy atom. The second-order valence-corrected chi connectivity index (χ2v) is 4.80. The molecule has 0 aliphatic rings. The fraction of sp³-hybridized carbons (Fsp3) is 0.692. The third-order valence-corrected chi connectivity index (χ3v) is 3.36. The average Bonchev–Trinajstić information content (AvgIpc) is 2.42. The minimum Gasteiger partial charge on any atom is -0.383 e. The number of hydrogen-bond donors (Lipinski definition) is 1. The van der Waals surface area contributed by atoms with Crippen LogP contribution in [0.4, 0.5) is 11.8 Å². The molecular weight excluding hydrogens is 278 g/mol. The molecule has 0 saturated heterocycles. The summed E-state index contributed by atoms with van der Waals surface area (Å²) in [6, 6.07) is 1.73. The fourth-order valence-corrected chi connectivity index (χ4v) is 2.11. The highest BCUT2D eigenvalue weighted by atomic mass is 35.5. The fourth-order valence-electron chi connectivity index (χ4n) is 1.93. The first-order chi connectivity index (χ1) is 9.60. The smallest absolute Gasteiger partial charge is 0.223 e. The minimum absolute atomic E-state index is 0.192. The molecule has 1 aromatic heterocycles. The number of halogens is 1. The van der Waals surface area contributed by atoms with Gasteiger partial charge < -0.3 is 20.3 Å². The Morgan fingerprint density at radius 2 is 1.90 bits per heavy atom. The third kappa shape index (κ3) is 5.48. The van der Waals surface area contributed by atoms with Crippen LogP contribution in [-0.2, 0) is 4.74 Å². The van der Waals surface area contributed by atoms with Gasteiger partial charge in [0, 0.05) is 32.8 Å². The van der Waals surface area contributed by atoms with Crippen LogP contribution in [-0.4, -0.2) is 61.3 Å². The second-order valence-electron chi connectivity index (χ2n) is 4.41. The maximum absolute atomic E-state index is 5.95. The molecule has 0 aliphatic carbocycles. The van der Waals surface area contributed by atoms with Crippen molar-refractivity contribution in [2.45, 2.75) is 13.8 Å². The number of nitrogens with zero attached hydrogens (tertiary/aromatic N) is 4. The second kappa shape index (κ2) is 8.94. The van der Waals surface area contributed by atoms with Crippen molar-refractivity contribution in [3.05, 3.63) is 11.2 Å². The van der Waals surface area contributed by atoms with Crippen molar-refractivity contribution >= 4 is 23.4 Å². The summed E-state index contributed by atoms with van der Waals surface area (Å²) in [6.45, 7) is 9.54. The SMILES string of the molecule is CCN(CC)CCN(CCOC)c1cc(Cl)nc(N)n1. The van der Waals surface area contributed by atoms with E-state index in [-0.39, 0.29) is 5.95 Å². The molecule has 114 valence electrons. The third-order valence-electron chi connectivity index (χ3n) is 3.17. The number of ether oxygens (including phenoxy) is 1. The van der Waals surface area contributed by atoms with Crippen LogP contribution in [0.25, 0.3) is 0 Å². The molecule has 0 atom stereocenters. The van der Waals surface area contributed by atoms with Gasteiger partial charge in [-0.2, -0.15) is 4.98 Å². The van der Waals surface area contributed by atoms with Crippen LogP contribution >= 0.6 is 11.6 Å². The predicted octanol–water partition coefficient (Wildman–Crippen LogP) is 1.51. The van der Waals surface area contributed by atoms with E-state index in [4.69, 9.17) is 22.1 Å². The molecule has 0 radical (unpaired) electrons. The minimum atomic E-state index is 0.192. The number of hydrogen-bond acceptors (Lipinski definition) is 6. The first kappa shape index (κ1) is 16.9. The van der Waals surface area contributed by atoms with Gasteiger partial charge in [0.05, 0.1) is 6.61 Å². The summed E-state index contributed by atoms with van der Waals surface area (Å²) in [5.74, 6) is 0.935. The molecule has 0 saturated carbocycles. The van der Waals surface area contributed by atoms with Crippen molar-refractivity contribution in [2.24, 2.45) is 0 Å². The zero-order valence-electron chi connectivity index (χ0n) is 12.5. The molecular formula is C13H24ClN5O. The Balaban J connectivity index is 2.76. The van der Waals surface area contributed by atoms with Crippen LogP contribution in [0, 0.1) is 0 Å². The molecule has 0 aromatic carbocycles. The summed E-state index contributed by atoms with van der Waals surface area (Å²) in [4.78, 5) is 12.6. The van der Waals surface area contributed by atoms with Crippen molar-refractivity contribution in [3.63, 3.8) is 0 Å². The lowest BCUT2D eigenvalue weighted by molar-refractivity contribution is 0.203. The highest BCUT2D eigenvalue weighted by Crippen LogP contribution is 2.16. The maximum Gasteiger partial charge on any atom is 0.223 e. The van der Waals surface area contributed by atoms with Crippen LogP contribution < -0.4 is 10.6 Å². The van der Waals surface area contributed by atoms with E-state index >= 15 is 0 Å². The summed E-state index contributed by atoms with van der Waals surface area (Å²) in [5, 5.41) is 0.359. The number of anilines is 2. The van der Waals surface area contributed by atoms with Gasteiger partial charge in [-0.25, -0.2) is 4.98 Å². The number of rotatable bonds is 9. The topological polar surface area (TPSA) is 67.5 Å². The highest BCUT2D eigenvalue weighted by molar-refractivity contribution is 6.29. The lowest BCUT2D eigenvalue weighted by Crippen LogP contribution is -2.37. The van der Waals surface area contributed by atoms with E-state index in [0.29, 0.717) is 11.8 Å². The van der Waals surface area contributed by atoms with Crippen molar-refractivity contribution < 1.29 is 4.74 Å². The molecule has 0 aliphatic heterocycles. The quantitative estimate of drug-likeness (QED) is 0.697. The Morgan fingerprint density at radius 1 is 1.20 bits per heavy atom. The summed E-state index contributed by atoms with van der Waals surface area (Å²) in [6.07, 6.45) is 0. The van der Waals surface area contributed by atoms with Crippen molar-refractivity contribution in [2.75, 3.05) is 57.1 Å². The van der Waals surface area contributed by atoms with Crippen LogP contribution in [0.2, 0.25) is 5.15 Å². The summed E-state index contributed by atoms with van der Waals surface area (Å²) < 4.78 is 5.15. The number of aromatic nitrogens is 2. The van der Waals surface area contributed by atoms with Gasteiger partial charge >= 0.3 is 0 Å². The van der Waals surface area contributed by atoms with E-state index in [0.717, 1.165) is 38.5 Å². The lowest BCUT2D eigenvalue weighted by Gasteiger charge is -2.27. The number of likely N-dealkylation sites (N-methyl/N-ethyl adjacent to an activating group) is 1. The molecule has 2 N–H and O–H groups in total. The summed E-state index contributed by atoms with van der Waals surface area (Å²) in [5.41, 5.74) is 5.66. The molecule has 0 amide bonds. The van der Waals surface area contributed by atoms with Crippen molar-refractivity contribution in [3.8, 4) is 0 Å². The largest absolute Gasteiger partial charge is 0.383 e. The molecule has 20 heavy (non-hydrogen) atoms. The van der Waals surface area contributed by atoms with Crippen LogP contribution in [0.15, 0.2) is 6.07 Å². The van der Waals surface area contributed by atoms with Crippen molar-refractivity contribution in [1.29, 1.82) is 0 Å². The zero-order valence-corrected chi connectivity index (χ0v) is 13.2. The van der Waals surface area contributed by atoms with Crippen LogP contribution in [0.3, 0.4) is 0 Å². The van der Waals surface area contributed by atoms with E-state index in [1.807, 2.05) is 0 Å². The summed E-state index contributed by atoms with van der Waals surface area (Å²) >= 11 is 5.95. The monoisotopic (exact) mass is 301 g/mol. The predicted molar refractivity (Wildman–Crippen MR) is 83.3 cm³/mol. The van der Waals surface area contributed by atoms with Gasteiger partial charge in [-0.3, -0.25) is 0 Å². The van der Waals surface area contributed by atoms with Crippen LogP contribution in [0.5, 0.6) is 0 Å². The Kier molecular flexibility index (Phi) is 7.58. The van der Waals surface area contributed by atoms with E-state index < -0.39 is 0 Å².